The highest BCUT2D eigenvalue weighted by Gasteiger charge is 2.36. The van der Waals surface area contributed by atoms with Crippen molar-refractivity contribution >= 4 is 27.8 Å². The molecule has 0 N–H and O–H groups in total. The number of amides is 1. The van der Waals surface area contributed by atoms with E-state index in [1.54, 1.807) is 22.6 Å². The molecule has 46 heavy (non-hydrogen) atoms. The van der Waals surface area contributed by atoms with E-state index in [1.807, 2.05) is 7.05 Å². The molecule has 2 aromatic heterocycles. The van der Waals surface area contributed by atoms with Crippen LogP contribution >= 0.6 is 0 Å². The summed E-state index contributed by atoms with van der Waals surface area (Å²) in [6, 6.07) is 8.06. The van der Waals surface area contributed by atoms with Crippen molar-refractivity contribution in [3.63, 3.8) is 0 Å². The number of aromatic nitrogens is 4. The number of likely N-dealkylation sites (tertiary alicyclic amines) is 2. The maximum Gasteiger partial charge on any atom is 0.417 e. The number of nitriles is 1. The lowest BCUT2D eigenvalue weighted by molar-refractivity contribution is -0.137. The van der Waals surface area contributed by atoms with Crippen molar-refractivity contribution in [2.45, 2.75) is 63.3 Å². The third-order valence-electron chi connectivity index (χ3n) is 9.21. The molecule has 13 heteroatoms. The minimum atomic E-state index is -4.70. The number of benzene rings is 2. The number of carbonyl (C=O) groups is 1. The predicted octanol–water partition coefficient (Wildman–Crippen LogP) is 6.22. The molecule has 9 nitrogen and oxygen atoms in total. The van der Waals surface area contributed by atoms with E-state index in [1.165, 1.54) is 24.3 Å². The number of hydrogen-bond acceptors (Lipinski definition) is 7. The summed E-state index contributed by atoms with van der Waals surface area (Å²) in [5.74, 6) is -1.13. The van der Waals surface area contributed by atoms with E-state index in [-0.39, 0.29) is 59.1 Å². The van der Waals surface area contributed by atoms with Gasteiger partial charge in [0.15, 0.2) is 11.3 Å². The van der Waals surface area contributed by atoms with E-state index in [9.17, 15) is 23.2 Å². The second kappa shape index (κ2) is 12.3. The molecule has 1 amide bonds. The smallest absolute Gasteiger partial charge is 0.417 e. The summed E-state index contributed by atoms with van der Waals surface area (Å²) < 4.78 is 66.6. The summed E-state index contributed by atoms with van der Waals surface area (Å²) in [5.41, 5.74) is -0.566. The van der Waals surface area contributed by atoms with Gasteiger partial charge in [-0.2, -0.15) is 18.4 Å². The summed E-state index contributed by atoms with van der Waals surface area (Å²) in [6.45, 7) is 6.66. The molecule has 2 fully saturated rings. The summed E-state index contributed by atoms with van der Waals surface area (Å²) in [5, 5.41) is 18.7. The Morgan fingerprint density at radius 1 is 1.20 bits per heavy atom. The Balaban J connectivity index is 1.53. The molecule has 0 aliphatic carbocycles. The molecule has 240 valence electrons. The molecule has 0 unspecified atom stereocenters. The first-order valence-corrected chi connectivity index (χ1v) is 15.2. The van der Waals surface area contributed by atoms with Gasteiger partial charge in [0.2, 0.25) is 11.8 Å². The van der Waals surface area contributed by atoms with Crippen LogP contribution in [0.4, 0.5) is 17.6 Å². The van der Waals surface area contributed by atoms with Crippen LogP contribution in [-0.2, 0) is 11.0 Å². The number of alkyl halides is 3. The highest BCUT2D eigenvalue weighted by atomic mass is 19.4. The SMILES string of the molecule is C=CC(=O)N1CC[C@H](n2nnc3c(OC[C@@H]4CCCN4C)nc4c(F)c(-c5ccccc5C(F)(F)F)c(C)cc4c32)C[C@H]1CC#N. The molecule has 2 aliphatic heterocycles. The molecule has 0 saturated carbocycles. The molecule has 4 heterocycles. The number of halogens is 4. The van der Waals surface area contributed by atoms with Gasteiger partial charge in [-0.25, -0.2) is 14.1 Å². The number of likely N-dealkylation sites (N-methyl/N-ethyl adjacent to an activating group) is 1. The van der Waals surface area contributed by atoms with Crippen molar-refractivity contribution < 1.29 is 27.1 Å². The quantitative estimate of drug-likeness (QED) is 0.176. The molecule has 2 aliphatic rings. The van der Waals surface area contributed by atoms with Crippen LogP contribution in [0.2, 0.25) is 0 Å². The van der Waals surface area contributed by atoms with Gasteiger partial charge in [0.25, 0.3) is 0 Å². The van der Waals surface area contributed by atoms with Gasteiger partial charge in [0.1, 0.15) is 17.6 Å². The molecule has 4 aromatic rings. The Labute approximate surface area is 263 Å². The maximum absolute atomic E-state index is 16.7. The number of carbonyl (C=O) groups excluding carboxylic acids is 1. The first kappa shape index (κ1) is 31.4. The molecule has 0 spiro atoms. The van der Waals surface area contributed by atoms with Crippen LogP contribution in [0, 0.1) is 24.1 Å². The second-order valence-corrected chi connectivity index (χ2v) is 12.0. The van der Waals surface area contributed by atoms with Crippen molar-refractivity contribution in [2.75, 3.05) is 26.7 Å². The standard InChI is InChI=1S/C33H33F4N7O2/c1-4-26(45)43-15-12-21(17-20(43)11-13-38)44-31-24-16-19(2)27(23-9-5-6-10-25(23)33(35,36)37)28(34)29(24)39-32(30(31)40-41-44)46-18-22-8-7-14-42(22)3/h4-6,9-10,16,20-22H,1,7-8,11-12,14-15,17-18H2,2-3H3/t20-,21+,22+/m1/s1. The Hall–Kier alpha value is -4.57. The van der Waals surface area contributed by atoms with E-state index in [0.717, 1.165) is 25.5 Å². The fraction of sp³-hybridized carbons (Fsp3) is 0.424. The third-order valence-corrected chi connectivity index (χ3v) is 9.21. The monoisotopic (exact) mass is 635 g/mol. The van der Waals surface area contributed by atoms with Crippen molar-refractivity contribution in [1.82, 2.24) is 29.8 Å². The number of fused-ring (bicyclic) bond motifs is 3. The lowest BCUT2D eigenvalue weighted by atomic mass is 9.92. The Bertz CT molecular complexity index is 1870. The van der Waals surface area contributed by atoms with Gasteiger partial charge < -0.3 is 14.5 Å². The van der Waals surface area contributed by atoms with Gasteiger partial charge in [0.05, 0.1) is 24.1 Å². The molecule has 6 rings (SSSR count). The van der Waals surface area contributed by atoms with Crippen LogP contribution in [0.15, 0.2) is 43.0 Å². The minimum Gasteiger partial charge on any atom is -0.474 e. The van der Waals surface area contributed by atoms with Crippen LogP contribution in [0.5, 0.6) is 5.88 Å². The number of piperidine rings is 1. The molecule has 3 atom stereocenters. The highest BCUT2D eigenvalue weighted by molar-refractivity contribution is 6.06. The zero-order valence-electron chi connectivity index (χ0n) is 25.5. The van der Waals surface area contributed by atoms with Crippen molar-refractivity contribution in [3.8, 4) is 23.1 Å². The zero-order valence-corrected chi connectivity index (χ0v) is 25.5. The van der Waals surface area contributed by atoms with E-state index < -0.39 is 23.6 Å². The van der Waals surface area contributed by atoms with Gasteiger partial charge in [0, 0.05) is 29.6 Å². The first-order valence-electron chi connectivity index (χ1n) is 15.2. The zero-order chi connectivity index (χ0) is 32.7. The number of ether oxygens (including phenoxy) is 1. The number of hydrogen-bond donors (Lipinski definition) is 0. The molecular formula is C33H33F4N7O2. The number of nitrogens with zero attached hydrogens (tertiary/aromatic N) is 7. The van der Waals surface area contributed by atoms with E-state index in [0.29, 0.717) is 35.8 Å². The van der Waals surface area contributed by atoms with Crippen molar-refractivity contribution in [2.24, 2.45) is 0 Å². The lowest BCUT2D eigenvalue weighted by Gasteiger charge is -2.38. The normalized spacial score (nSPS) is 20.7. The number of rotatable bonds is 7. The fourth-order valence-electron chi connectivity index (χ4n) is 6.86. The predicted molar refractivity (Wildman–Crippen MR) is 163 cm³/mol. The van der Waals surface area contributed by atoms with E-state index >= 15 is 4.39 Å². The van der Waals surface area contributed by atoms with E-state index in [4.69, 9.17) is 4.74 Å². The van der Waals surface area contributed by atoms with Gasteiger partial charge >= 0.3 is 6.18 Å². The van der Waals surface area contributed by atoms with Gasteiger partial charge in [-0.3, -0.25) is 4.79 Å². The van der Waals surface area contributed by atoms with Gasteiger partial charge in [-0.1, -0.05) is 30.0 Å². The highest BCUT2D eigenvalue weighted by Crippen LogP contribution is 2.43. The van der Waals surface area contributed by atoms with Gasteiger partial charge in [-0.05, 0) is 75.5 Å². The Kier molecular flexibility index (Phi) is 8.41. The van der Waals surface area contributed by atoms with Crippen LogP contribution in [-0.4, -0.2) is 74.5 Å². The maximum atomic E-state index is 16.7. The lowest BCUT2D eigenvalue weighted by Crippen LogP contribution is -2.45. The summed E-state index contributed by atoms with van der Waals surface area (Å²) in [7, 11) is 1.99. The average molecular weight is 636 g/mol. The van der Waals surface area contributed by atoms with Crippen molar-refractivity contribution in [3.05, 3.63) is 59.9 Å². The third kappa shape index (κ3) is 5.55. The molecule has 2 aromatic carbocycles. The Morgan fingerprint density at radius 2 is 1.98 bits per heavy atom. The molecular weight excluding hydrogens is 602 g/mol. The first-order chi connectivity index (χ1) is 22.0. The average Bonchev–Trinajstić information content (AvgIpc) is 3.66. The summed E-state index contributed by atoms with van der Waals surface area (Å²) in [4.78, 5) is 20.8. The van der Waals surface area contributed by atoms with Gasteiger partial charge in [-0.15, -0.1) is 5.10 Å². The van der Waals surface area contributed by atoms with E-state index in [2.05, 4.69) is 32.8 Å². The Morgan fingerprint density at radius 3 is 2.67 bits per heavy atom. The largest absolute Gasteiger partial charge is 0.474 e. The molecule has 2 saturated heterocycles. The fourth-order valence-corrected chi connectivity index (χ4v) is 6.86. The molecule has 0 bridgehead atoms. The topological polar surface area (TPSA) is 100 Å². The van der Waals surface area contributed by atoms with Crippen LogP contribution in [0.1, 0.15) is 49.3 Å². The second-order valence-electron chi connectivity index (χ2n) is 12.0. The summed E-state index contributed by atoms with van der Waals surface area (Å²) >= 11 is 0. The number of aryl methyl sites for hydroxylation is 1. The van der Waals surface area contributed by atoms with Crippen molar-refractivity contribution in [1.29, 1.82) is 5.26 Å². The number of pyridine rings is 1. The van der Waals surface area contributed by atoms with Crippen LogP contribution < -0.4 is 4.74 Å². The van der Waals surface area contributed by atoms with Crippen LogP contribution in [0.25, 0.3) is 33.1 Å². The minimum absolute atomic E-state index is 0.0414. The summed E-state index contributed by atoms with van der Waals surface area (Å²) in [6.07, 6.45) is -0.595. The van der Waals surface area contributed by atoms with Crippen LogP contribution in [0.3, 0.4) is 0 Å². The molecule has 0 radical (unpaired) electrons.